The standard InChI is InChI=1S/C25H28F2N6OS/c1-16-13-35-21-5-3-17(31-24(21)30-16)11-28-14-25(27)8-10-33(15-25)9-7-18-19(26)12-29-20-4-6-22(34-2)32-23(18)20/h3-6,12,28H,1,7-11,13-15H2,2H3,(H,30,31). The third-order valence-electron chi connectivity index (χ3n) is 6.37. The average Bonchev–Trinajstić information content (AvgIpc) is 3.23. The maximum Gasteiger partial charge on any atom is 0.213 e. The van der Waals surface area contributed by atoms with Crippen molar-refractivity contribution in [1.82, 2.24) is 25.2 Å². The Morgan fingerprint density at radius 3 is 3.03 bits per heavy atom. The van der Waals surface area contributed by atoms with Crippen molar-refractivity contribution in [2.45, 2.75) is 30.0 Å². The highest BCUT2D eigenvalue weighted by Gasteiger charge is 2.37. The molecule has 1 saturated heterocycles. The molecule has 3 aromatic rings. The first-order valence-electron chi connectivity index (χ1n) is 11.6. The lowest BCUT2D eigenvalue weighted by Gasteiger charge is -2.22. The van der Waals surface area contributed by atoms with Crippen LogP contribution < -0.4 is 15.4 Å². The number of halogens is 2. The molecule has 2 aliphatic heterocycles. The number of alkyl halides is 1. The zero-order valence-corrected chi connectivity index (χ0v) is 20.4. The molecule has 2 N–H and O–H groups in total. The number of anilines is 1. The van der Waals surface area contributed by atoms with Crippen LogP contribution in [0.2, 0.25) is 0 Å². The van der Waals surface area contributed by atoms with Crippen LogP contribution in [0, 0.1) is 5.82 Å². The van der Waals surface area contributed by atoms with Gasteiger partial charge in [0.25, 0.3) is 0 Å². The molecule has 0 radical (unpaired) electrons. The Labute approximate surface area is 207 Å². The minimum absolute atomic E-state index is 0.239. The van der Waals surface area contributed by atoms with Gasteiger partial charge in [-0.15, -0.1) is 11.8 Å². The number of rotatable bonds is 8. The van der Waals surface area contributed by atoms with E-state index in [9.17, 15) is 4.39 Å². The van der Waals surface area contributed by atoms with Gasteiger partial charge in [0.15, 0.2) is 0 Å². The smallest absolute Gasteiger partial charge is 0.213 e. The predicted octanol–water partition coefficient (Wildman–Crippen LogP) is 3.95. The fraction of sp³-hybridized carbons (Fsp3) is 0.400. The summed E-state index contributed by atoms with van der Waals surface area (Å²) in [5.41, 5.74) is 2.04. The largest absolute Gasteiger partial charge is 0.481 e. The molecule has 1 fully saturated rings. The summed E-state index contributed by atoms with van der Waals surface area (Å²) in [7, 11) is 1.52. The van der Waals surface area contributed by atoms with Crippen molar-refractivity contribution >= 4 is 28.6 Å². The lowest BCUT2D eigenvalue weighted by atomic mass is 10.1. The molecule has 1 unspecified atom stereocenters. The van der Waals surface area contributed by atoms with Crippen LogP contribution in [0.3, 0.4) is 0 Å². The Morgan fingerprint density at radius 2 is 2.17 bits per heavy atom. The van der Waals surface area contributed by atoms with E-state index in [-0.39, 0.29) is 6.54 Å². The second-order valence-electron chi connectivity index (χ2n) is 9.00. The molecule has 3 aromatic heterocycles. The lowest BCUT2D eigenvalue weighted by molar-refractivity contribution is 0.161. The molecule has 0 amide bonds. The first-order valence-corrected chi connectivity index (χ1v) is 12.6. The van der Waals surface area contributed by atoms with Gasteiger partial charge in [0.2, 0.25) is 5.88 Å². The molecule has 0 bridgehead atoms. The SMILES string of the molecule is C=C1CSc2ccc(CNCC3(F)CCN(CCc4c(F)cnc5ccc(OC)nc45)C3)nc2N1. The Kier molecular flexibility index (Phi) is 6.86. The Bertz CT molecular complexity index is 1260. The third kappa shape index (κ3) is 5.39. The molecule has 7 nitrogen and oxygen atoms in total. The van der Waals surface area contributed by atoms with Gasteiger partial charge in [-0.2, -0.15) is 0 Å². The van der Waals surface area contributed by atoms with Crippen molar-refractivity contribution in [3.05, 3.63) is 59.8 Å². The zero-order valence-electron chi connectivity index (χ0n) is 19.6. The molecule has 2 aliphatic rings. The summed E-state index contributed by atoms with van der Waals surface area (Å²) >= 11 is 1.71. The van der Waals surface area contributed by atoms with Crippen LogP contribution in [0.1, 0.15) is 17.7 Å². The van der Waals surface area contributed by atoms with Crippen molar-refractivity contribution in [2.75, 3.05) is 44.4 Å². The number of pyridine rings is 3. The van der Waals surface area contributed by atoms with Gasteiger partial charge in [0.1, 0.15) is 17.3 Å². The molecule has 35 heavy (non-hydrogen) atoms. The van der Waals surface area contributed by atoms with Gasteiger partial charge >= 0.3 is 0 Å². The van der Waals surface area contributed by atoms with Crippen LogP contribution in [0.4, 0.5) is 14.6 Å². The van der Waals surface area contributed by atoms with Crippen LogP contribution in [-0.2, 0) is 13.0 Å². The monoisotopic (exact) mass is 498 g/mol. The molecule has 184 valence electrons. The summed E-state index contributed by atoms with van der Waals surface area (Å²) in [5, 5.41) is 6.45. The van der Waals surface area contributed by atoms with E-state index in [1.807, 2.05) is 17.0 Å². The number of aromatic nitrogens is 3. The zero-order chi connectivity index (χ0) is 24.4. The molecular weight excluding hydrogens is 470 g/mol. The van der Waals surface area contributed by atoms with Gasteiger partial charge in [-0.05, 0) is 31.0 Å². The molecule has 1 atom stereocenters. The maximum atomic E-state index is 15.5. The molecule has 5 rings (SSSR count). The predicted molar refractivity (Wildman–Crippen MR) is 134 cm³/mol. The number of nitrogens with zero attached hydrogens (tertiary/aromatic N) is 4. The fourth-order valence-corrected chi connectivity index (χ4v) is 5.33. The Morgan fingerprint density at radius 1 is 1.29 bits per heavy atom. The average molecular weight is 499 g/mol. The maximum absolute atomic E-state index is 15.5. The van der Waals surface area contributed by atoms with Gasteiger partial charge in [0.05, 0.1) is 34.9 Å². The molecular formula is C25H28F2N6OS. The number of nitrogens with one attached hydrogen (secondary N) is 2. The van der Waals surface area contributed by atoms with Gasteiger partial charge < -0.3 is 15.4 Å². The van der Waals surface area contributed by atoms with Crippen LogP contribution >= 0.6 is 11.8 Å². The van der Waals surface area contributed by atoms with Crippen molar-refractivity contribution in [3.8, 4) is 5.88 Å². The van der Waals surface area contributed by atoms with E-state index < -0.39 is 11.5 Å². The van der Waals surface area contributed by atoms with E-state index in [1.54, 1.807) is 23.9 Å². The normalized spacial score (nSPS) is 20.1. The fourth-order valence-electron chi connectivity index (χ4n) is 4.53. The van der Waals surface area contributed by atoms with Gasteiger partial charge in [-0.1, -0.05) is 6.58 Å². The number of hydrogen-bond donors (Lipinski definition) is 2. The van der Waals surface area contributed by atoms with E-state index in [2.05, 4.69) is 32.2 Å². The first kappa shape index (κ1) is 23.9. The molecule has 0 aromatic carbocycles. The first-order chi connectivity index (χ1) is 16.9. The van der Waals surface area contributed by atoms with Crippen LogP contribution in [0.25, 0.3) is 11.0 Å². The highest BCUT2D eigenvalue weighted by atomic mass is 32.2. The number of hydrogen-bond acceptors (Lipinski definition) is 8. The summed E-state index contributed by atoms with van der Waals surface area (Å²) in [6, 6.07) is 7.48. The van der Waals surface area contributed by atoms with Crippen LogP contribution in [0.15, 0.2) is 47.6 Å². The molecule has 0 aliphatic carbocycles. The molecule has 0 saturated carbocycles. The van der Waals surface area contributed by atoms with Gasteiger partial charge in [-0.3, -0.25) is 9.88 Å². The molecule has 10 heteroatoms. The van der Waals surface area contributed by atoms with E-state index in [1.165, 1.54) is 13.3 Å². The van der Waals surface area contributed by atoms with Crippen molar-refractivity contribution in [1.29, 1.82) is 0 Å². The van der Waals surface area contributed by atoms with E-state index in [4.69, 9.17) is 4.74 Å². The third-order valence-corrected chi connectivity index (χ3v) is 7.50. The van der Waals surface area contributed by atoms with Crippen LogP contribution in [-0.4, -0.2) is 64.6 Å². The van der Waals surface area contributed by atoms with Crippen LogP contribution in [0.5, 0.6) is 5.88 Å². The molecule has 0 spiro atoms. The second kappa shape index (κ2) is 10.0. The number of ether oxygens (including phenoxy) is 1. The minimum atomic E-state index is -1.34. The molecule has 5 heterocycles. The van der Waals surface area contributed by atoms with Gasteiger partial charge in [-0.25, -0.2) is 18.7 Å². The summed E-state index contributed by atoms with van der Waals surface area (Å²) in [4.78, 5) is 16.3. The minimum Gasteiger partial charge on any atom is -0.481 e. The Balaban J connectivity index is 1.16. The topological polar surface area (TPSA) is 75.2 Å². The number of fused-ring (bicyclic) bond motifs is 2. The Hall–Kier alpha value is -2.82. The van der Waals surface area contributed by atoms with E-state index in [0.717, 1.165) is 27.9 Å². The van der Waals surface area contributed by atoms with Crippen molar-refractivity contribution in [2.24, 2.45) is 0 Å². The summed E-state index contributed by atoms with van der Waals surface area (Å²) in [6.07, 6.45) is 2.07. The van der Waals surface area contributed by atoms with Crippen molar-refractivity contribution in [3.63, 3.8) is 0 Å². The van der Waals surface area contributed by atoms with Gasteiger partial charge in [0, 0.05) is 55.8 Å². The van der Waals surface area contributed by atoms with E-state index in [0.29, 0.717) is 61.5 Å². The quantitative estimate of drug-likeness (QED) is 0.484. The second-order valence-corrected chi connectivity index (χ2v) is 10.0. The summed E-state index contributed by atoms with van der Waals surface area (Å²) < 4.78 is 35.2. The lowest BCUT2D eigenvalue weighted by Crippen LogP contribution is -2.39. The van der Waals surface area contributed by atoms with Crippen molar-refractivity contribution < 1.29 is 13.5 Å². The highest BCUT2D eigenvalue weighted by molar-refractivity contribution is 7.99. The summed E-state index contributed by atoms with van der Waals surface area (Å²) in [6.45, 7) is 6.15. The number of likely N-dealkylation sites (tertiary alicyclic amines) is 1. The highest BCUT2D eigenvalue weighted by Crippen LogP contribution is 2.32. The summed E-state index contributed by atoms with van der Waals surface area (Å²) in [5.74, 6) is 1.66. The van der Waals surface area contributed by atoms with E-state index >= 15 is 4.39 Å². The number of thioether (sulfide) groups is 1. The number of methoxy groups -OCH3 is 1.